The zero-order valence-electron chi connectivity index (χ0n) is 9.26. The third-order valence-electron chi connectivity index (χ3n) is 2.59. The topological polar surface area (TPSA) is 47.9 Å². The van der Waals surface area contributed by atoms with Crippen molar-refractivity contribution in [2.45, 2.75) is 18.8 Å². The highest BCUT2D eigenvalue weighted by atomic mass is 16.7. The molecule has 0 saturated carbocycles. The Balaban J connectivity index is 1.97. The van der Waals surface area contributed by atoms with Crippen LogP contribution in [-0.4, -0.2) is 31.5 Å². The summed E-state index contributed by atoms with van der Waals surface area (Å²) in [4.78, 5) is 0. The number of methoxy groups -OCH3 is 1. The number of ether oxygens (including phenoxy) is 3. The van der Waals surface area contributed by atoms with Gasteiger partial charge in [0, 0.05) is 12.2 Å². The number of hydrogen-bond acceptors (Lipinski definition) is 4. The summed E-state index contributed by atoms with van der Waals surface area (Å²) < 4.78 is 16.2. The highest BCUT2D eigenvalue weighted by molar-refractivity contribution is 5.28. The second-order valence-corrected chi connectivity index (χ2v) is 3.71. The summed E-state index contributed by atoms with van der Waals surface area (Å²) in [6.45, 7) is 0.667. The monoisotopic (exact) mass is 224 g/mol. The molecule has 1 heterocycles. The molecule has 1 N–H and O–H groups in total. The van der Waals surface area contributed by atoms with E-state index in [9.17, 15) is 0 Å². The Kier molecular flexibility index (Phi) is 3.77. The number of hydrogen-bond donors (Lipinski definition) is 1. The van der Waals surface area contributed by atoms with Gasteiger partial charge in [-0.1, -0.05) is 12.1 Å². The predicted molar refractivity (Wildman–Crippen MR) is 58.3 cm³/mol. The molecule has 0 unspecified atom stereocenters. The predicted octanol–water partition coefficient (Wildman–Crippen LogP) is 1.49. The van der Waals surface area contributed by atoms with Crippen molar-refractivity contribution in [1.82, 2.24) is 0 Å². The van der Waals surface area contributed by atoms with Crippen LogP contribution in [0.2, 0.25) is 0 Å². The van der Waals surface area contributed by atoms with Gasteiger partial charge in [-0.25, -0.2) is 0 Å². The zero-order chi connectivity index (χ0) is 11.4. The van der Waals surface area contributed by atoms with E-state index in [-0.39, 0.29) is 19.0 Å². The molecule has 4 nitrogen and oxygen atoms in total. The minimum absolute atomic E-state index is 0.00268. The van der Waals surface area contributed by atoms with E-state index >= 15 is 0 Å². The maximum atomic E-state index is 8.80. The SMILES string of the molecule is COc1ccc([C@@H]2OC[C@H](CCO)O2)cc1. The standard InChI is InChI=1S/C12H16O4/c1-14-10-4-2-9(3-5-10)12-15-8-11(16-12)6-7-13/h2-5,11-13H,6-8H2,1H3/t11-,12+/m0/s1. The van der Waals surface area contributed by atoms with Crippen molar-refractivity contribution in [2.24, 2.45) is 0 Å². The summed E-state index contributed by atoms with van der Waals surface area (Å²) in [6.07, 6.45) is 0.298. The summed E-state index contributed by atoms with van der Waals surface area (Å²) in [5.41, 5.74) is 0.973. The molecule has 1 aliphatic heterocycles. The Morgan fingerprint density at radius 3 is 2.75 bits per heavy atom. The molecule has 1 aromatic rings. The number of aliphatic hydroxyl groups excluding tert-OH is 1. The molecule has 0 spiro atoms. The first-order valence-electron chi connectivity index (χ1n) is 5.35. The molecule has 1 fully saturated rings. The first-order valence-corrected chi connectivity index (χ1v) is 5.35. The van der Waals surface area contributed by atoms with Gasteiger partial charge in [0.15, 0.2) is 6.29 Å². The average Bonchev–Trinajstić information content (AvgIpc) is 2.78. The van der Waals surface area contributed by atoms with E-state index in [2.05, 4.69) is 0 Å². The second kappa shape index (κ2) is 5.30. The van der Waals surface area contributed by atoms with Gasteiger partial charge < -0.3 is 19.3 Å². The molecule has 1 aromatic carbocycles. The van der Waals surface area contributed by atoms with Crippen LogP contribution in [0, 0.1) is 0 Å². The Hall–Kier alpha value is -1.10. The van der Waals surface area contributed by atoms with Crippen LogP contribution >= 0.6 is 0 Å². The summed E-state index contributed by atoms with van der Waals surface area (Å²) in [7, 11) is 1.63. The molecule has 1 saturated heterocycles. The van der Waals surface area contributed by atoms with Gasteiger partial charge in [0.1, 0.15) is 5.75 Å². The molecule has 16 heavy (non-hydrogen) atoms. The van der Waals surface area contributed by atoms with E-state index in [1.54, 1.807) is 7.11 Å². The molecule has 1 aliphatic rings. The lowest BCUT2D eigenvalue weighted by Crippen LogP contribution is -2.11. The van der Waals surface area contributed by atoms with Crippen molar-refractivity contribution in [2.75, 3.05) is 20.3 Å². The highest BCUT2D eigenvalue weighted by Crippen LogP contribution is 2.28. The molecular formula is C12H16O4. The Bertz CT molecular complexity index is 322. The Morgan fingerprint density at radius 2 is 2.12 bits per heavy atom. The van der Waals surface area contributed by atoms with Gasteiger partial charge in [0.25, 0.3) is 0 Å². The lowest BCUT2D eigenvalue weighted by Gasteiger charge is -2.11. The maximum absolute atomic E-state index is 8.80. The first-order chi connectivity index (χ1) is 7.83. The van der Waals surface area contributed by atoms with Gasteiger partial charge in [0.05, 0.1) is 19.8 Å². The van der Waals surface area contributed by atoms with Crippen molar-refractivity contribution in [3.63, 3.8) is 0 Å². The van der Waals surface area contributed by atoms with Gasteiger partial charge >= 0.3 is 0 Å². The molecule has 4 heteroatoms. The van der Waals surface area contributed by atoms with Crippen LogP contribution in [0.1, 0.15) is 18.3 Å². The maximum Gasteiger partial charge on any atom is 0.184 e. The van der Waals surface area contributed by atoms with Gasteiger partial charge in [-0.2, -0.15) is 0 Å². The quantitative estimate of drug-likeness (QED) is 0.841. The third kappa shape index (κ3) is 2.52. The van der Waals surface area contributed by atoms with Crippen molar-refractivity contribution in [3.05, 3.63) is 29.8 Å². The smallest absolute Gasteiger partial charge is 0.184 e. The number of benzene rings is 1. The normalized spacial score (nSPS) is 24.6. The molecule has 2 rings (SSSR count). The fraction of sp³-hybridized carbons (Fsp3) is 0.500. The fourth-order valence-corrected chi connectivity index (χ4v) is 1.68. The van der Waals surface area contributed by atoms with E-state index in [1.807, 2.05) is 24.3 Å². The molecule has 0 radical (unpaired) electrons. The Morgan fingerprint density at radius 1 is 1.38 bits per heavy atom. The van der Waals surface area contributed by atoms with Crippen LogP contribution in [0.3, 0.4) is 0 Å². The lowest BCUT2D eigenvalue weighted by atomic mass is 10.2. The van der Waals surface area contributed by atoms with Crippen LogP contribution < -0.4 is 4.74 Å². The highest BCUT2D eigenvalue weighted by Gasteiger charge is 2.26. The fourth-order valence-electron chi connectivity index (χ4n) is 1.68. The summed E-state index contributed by atoms with van der Waals surface area (Å²) in [5, 5.41) is 8.80. The van der Waals surface area contributed by atoms with Crippen LogP contribution in [-0.2, 0) is 9.47 Å². The average molecular weight is 224 g/mol. The molecule has 0 bridgehead atoms. The summed E-state index contributed by atoms with van der Waals surface area (Å²) in [6, 6.07) is 7.60. The summed E-state index contributed by atoms with van der Waals surface area (Å²) in [5.74, 6) is 0.814. The molecule has 2 atom stereocenters. The first kappa shape index (κ1) is 11.4. The van der Waals surface area contributed by atoms with Gasteiger partial charge in [-0.15, -0.1) is 0 Å². The number of rotatable bonds is 4. The van der Waals surface area contributed by atoms with E-state index in [4.69, 9.17) is 19.3 Å². The minimum atomic E-state index is -0.317. The van der Waals surface area contributed by atoms with Crippen LogP contribution in [0.25, 0.3) is 0 Å². The minimum Gasteiger partial charge on any atom is -0.497 e. The largest absolute Gasteiger partial charge is 0.497 e. The van der Waals surface area contributed by atoms with Gasteiger partial charge in [-0.3, -0.25) is 0 Å². The second-order valence-electron chi connectivity index (χ2n) is 3.71. The van der Waals surface area contributed by atoms with E-state index in [0.717, 1.165) is 11.3 Å². The lowest BCUT2D eigenvalue weighted by molar-refractivity contribution is -0.0627. The van der Waals surface area contributed by atoms with E-state index < -0.39 is 0 Å². The van der Waals surface area contributed by atoms with Gasteiger partial charge in [0.2, 0.25) is 0 Å². The van der Waals surface area contributed by atoms with Gasteiger partial charge in [-0.05, 0) is 18.6 Å². The molecule has 0 aromatic heterocycles. The summed E-state index contributed by atoms with van der Waals surface area (Å²) >= 11 is 0. The van der Waals surface area contributed by atoms with Crippen molar-refractivity contribution in [3.8, 4) is 5.75 Å². The van der Waals surface area contributed by atoms with Crippen LogP contribution in [0.15, 0.2) is 24.3 Å². The Labute approximate surface area is 94.8 Å². The van der Waals surface area contributed by atoms with Crippen LogP contribution in [0.4, 0.5) is 0 Å². The zero-order valence-corrected chi connectivity index (χ0v) is 9.26. The third-order valence-corrected chi connectivity index (χ3v) is 2.59. The van der Waals surface area contributed by atoms with E-state index in [1.165, 1.54) is 0 Å². The van der Waals surface area contributed by atoms with Crippen molar-refractivity contribution >= 4 is 0 Å². The van der Waals surface area contributed by atoms with E-state index in [0.29, 0.717) is 13.0 Å². The van der Waals surface area contributed by atoms with Crippen molar-refractivity contribution in [1.29, 1.82) is 0 Å². The van der Waals surface area contributed by atoms with Crippen LogP contribution in [0.5, 0.6) is 5.75 Å². The van der Waals surface area contributed by atoms with Crippen molar-refractivity contribution < 1.29 is 19.3 Å². The molecular weight excluding hydrogens is 208 g/mol. The molecule has 0 amide bonds. The molecule has 0 aliphatic carbocycles. The molecule has 88 valence electrons. The number of aliphatic hydroxyl groups is 1.